The number of hydrogen-bond acceptors (Lipinski definition) is 4. The minimum absolute atomic E-state index is 0.174. The molecular formula is C16H20F2N4. The fourth-order valence-corrected chi connectivity index (χ4v) is 1.94. The molecule has 1 aromatic heterocycles. The van der Waals surface area contributed by atoms with E-state index in [4.69, 9.17) is 0 Å². The van der Waals surface area contributed by atoms with Crippen LogP contribution in [-0.4, -0.2) is 16.5 Å². The molecule has 2 N–H and O–H groups in total. The van der Waals surface area contributed by atoms with Gasteiger partial charge in [-0.2, -0.15) is 0 Å². The standard InChI is InChI=1S/C16H20F2N4/c1-10(2)6-7-19-15-9-16(21-11(3)20-15)22-14-5-4-12(17)8-13(14)18/h4-5,8-10H,6-7H2,1-3H3,(H2,19,20,21,22). The van der Waals surface area contributed by atoms with E-state index in [-0.39, 0.29) is 5.69 Å². The molecule has 22 heavy (non-hydrogen) atoms. The average Bonchev–Trinajstić information content (AvgIpc) is 2.41. The summed E-state index contributed by atoms with van der Waals surface area (Å²) in [6.45, 7) is 6.87. The van der Waals surface area contributed by atoms with E-state index in [0.717, 1.165) is 19.0 Å². The summed E-state index contributed by atoms with van der Waals surface area (Å²) >= 11 is 0. The quantitative estimate of drug-likeness (QED) is 0.837. The fourth-order valence-electron chi connectivity index (χ4n) is 1.94. The molecule has 1 heterocycles. The molecule has 118 valence electrons. The number of nitrogens with zero attached hydrogens (tertiary/aromatic N) is 2. The van der Waals surface area contributed by atoms with Crippen molar-refractivity contribution in [3.05, 3.63) is 41.7 Å². The molecule has 0 atom stereocenters. The molecule has 0 fully saturated rings. The van der Waals surface area contributed by atoms with Crippen molar-refractivity contribution in [3.63, 3.8) is 0 Å². The van der Waals surface area contributed by atoms with E-state index >= 15 is 0 Å². The third-order valence-corrected chi connectivity index (χ3v) is 3.06. The summed E-state index contributed by atoms with van der Waals surface area (Å²) in [6.07, 6.45) is 1.03. The molecule has 0 unspecified atom stereocenters. The lowest BCUT2D eigenvalue weighted by Gasteiger charge is -2.11. The summed E-state index contributed by atoms with van der Waals surface area (Å²) in [7, 11) is 0. The Labute approximate surface area is 129 Å². The second-order valence-electron chi connectivity index (χ2n) is 5.54. The lowest BCUT2D eigenvalue weighted by atomic mass is 10.1. The van der Waals surface area contributed by atoms with Gasteiger partial charge in [-0.15, -0.1) is 0 Å². The molecule has 0 aliphatic heterocycles. The van der Waals surface area contributed by atoms with Crippen molar-refractivity contribution in [2.24, 2.45) is 5.92 Å². The number of anilines is 3. The maximum absolute atomic E-state index is 13.7. The normalized spacial score (nSPS) is 10.8. The molecule has 2 rings (SSSR count). The first-order valence-corrected chi connectivity index (χ1v) is 7.25. The van der Waals surface area contributed by atoms with Gasteiger partial charge in [-0.3, -0.25) is 0 Å². The molecule has 0 spiro atoms. The maximum Gasteiger partial charge on any atom is 0.149 e. The van der Waals surface area contributed by atoms with E-state index in [1.165, 1.54) is 12.1 Å². The van der Waals surface area contributed by atoms with Crippen molar-refractivity contribution in [3.8, 4) is 0 Å². The summed E-state index contributed by atoms with van der Waals surface area (Å²) in [5.74, 6) is 1.03. The van der Waals surface area contributed by atoms with Crippen LogP contribution >= 0.6 is 0 Å². The Kier molecular flexibility index (Phi) is 5.25. The van der Waals surface area contributed by atoms with Crippen molar-refractivity contribution >= 4 is 17.3 Å². The first-order chi connectivity index (χ1) is 10.4. The van der Waals surface area contributed by atoms with E-state index < -0.39 is 11.6 Å². The summed E-state index contributed by atoms with van der Waals surface area (Å²) < 4.78 is 26.6. The van der Waals surface area contributed by atoms with Crippen LogP contribution in [0.4, 0.5) is 26.1 Å². The summed E-state index contributed by atoms with van der Waals surface area (Å²) in [4.78, 5) is 8.51. The molecule has 2 aromatic rings. The number of benzene rings is 1. The van der Waals surface area contributed by atoms with Gasteiger partial charge < -0.3 is 10.6 Å². The largest absolute Gasteiger partial charge is 0.370 e. The van der Waals surface area contributed by atoms with Crippen LogP contribution in [0.5, 0.6) is 0 Å². The van der Waals surface area contributed by atoms with Gasteiger partial charge in [0.25, 0.3) is 0 Å². The van der Waals surface area contributed by atoms with E-state index in [2.05, 4.69) is 34.4 Å². The number of aromatic nitrogens is 2. The van der Waals surface area contributed by atoms with Crippen LogP contribution in [0.3, 0.4) is 0 Å². The monoisotopic (exact) mass is 306 g/mol. The molecule has 0 amide bonds. The molecule has 0 aliphatic carbocycles. The Morgan fingerprint density at radius 3 is 2.50 bits per heavy atom. The number of nitrogens with one attached hydrogen (secondary N) is 2. The minimum atomic E-state index is -0.661. The van der Waals surface area contributed by atoms with Gasteiger partial charge in [-0.25, -0.2) is 18.7 Å². The van der Waals surface area contributed by atoms with Crippen LogP contribution in [0.1, 0.15) is 26.1 Å². The Morgan fingerprint density at radius 1 is 1.09 bits per heavy atom. The Hall–Kier alpha value is -2.24. The molecular weight excluding hydrogens is 286 g/mol. The maximum atomic E-state index is 13.7. The highest BCUT2D eigenvalue weighted by molar-refractivity contribution is 5.59. The Morgan fingerprint density at radius 2 is 1.82 bits per heavy atom. The first-order valence-electron chi connectivity index (χ1n) is 7.25. The predicted octanol–water partition coefficient (Wildman–Crippen LogP) is 4.26. The number of halogens is 2. The van der Waals surface area contributed by atoms with Gasteiger partial charge in [0, 0.05) is 18.7 Å². The third-order valence-electron chi connectivity index (χ3n) is 3.06. The fraction of sp³-hybridized carbons (Fsp3) is 0.375. The van der Waals surface area contributed by atoms with Gasteiger partial charge >= 0.3 is 0 Å². The number of hydrogen-bond donors (Lipinski definition) is 2. The van der Waals surface area contributed by atoms with Gasteiger partial charge in [0.2, 0.25) is 0 Å². The molecule has 0 saturated heterocycles. The van der Waals surface area contributed by atoms with Crippen LogP contribution in [0.25, 0.3) is 0 Å². The second kappa shape index (κ2) is 7.15. The zero-order valence-corrected chi connectivity index (χ0v) is 13.0. The molecule has 1 aromatic carbocycles. The van der Waals surface area contributed by atoms with Crippen molar-refractivity contribution in [1.82, 2.24) is 9.97 Å². The Bertz CT molecular complexity index is 644. The van der Waals surface area contributed by atoms with Crippen molar-refractivity contribution in [2.75, 3.05) is 17.2 Å². The summed E-state index contributed by atoms with van der Waals surface area (Å²) in [6, 6.07) is 5.07. The average molecular weight is 306 g/mol. The highest BCUT2D eigenvalue weighted by Gasteiger charge is 2.07. The number of aryl methyl sites for hydroxylation is 1. The molecule has 0 saturated carbocycles. The van der Waals surface area contributed by atoms with Gasteiger partial charge in [0.15, 0.2) is 0 Å². The lowest BCUT2D eigenvalue weighted by molar-refractivity contribution is 0.586. The van der Waals surface area contributed by atoms with Crippen LogP contribution in [0, 0.1) is 24.5 Å². The molecule has 0 radical (unpaired) electrons. The van der Waals surface area contributed by atoms with Gasteiger partial charge in [-0.05, 0) is 31.4 Å². The zero-order valence-electron chi connectivity index (χ0n) is 13.0. The van der Waals surface area contributed by atoms with Crippen LogP contribution in [0.2, 0.25) is 0 Å². The van der Waals surface area contributed by atoms with Crippen molar-refractivity contribution in [1.29, 1.82) is 0 Å². The van der Waals surface area contributed by atoms with E-state index in [1.54, 1.807) is 13.0 Å². The first kappa shape index (κ1) is 16.1. The molecule has 0 aliphatic rings. The number of rotatable bonds is 6. The second-order valence-corrected chi connectivity index (χ2v) is 5.54. The summed E-state index contributed by atoms with van der Waals surface area (Å²) in [5.41, 5.74) is 0.174. The molecule has 0 bridgehead atoms. The third kappa shape index (κ3) is 4.65. The van der Waals surface area contributed by atoms with Crippen LogP contribution < -0.4 is 10.6 Å². The van der Waals surface area contributed by atoms with E-state index in [1.807, 2.05) is 0 Å². The van der Waals surface area contributed by atoms with E-state index in [0.29, 0.717) is 23.4 Å². The highest BCUT2D eigenvalue weighted by Crippen LogP contribution is 2.21. The summed E-state index contributed by atoms with van der Waals surface area (Å²) in [5, 5.41) is 6.07. The minimum Gasteiger partial charge on any atom is -0.370 e. The van der Waals surface area contributed by atoms with Crippen molar-refractivity contribution in [2.45, 2.75) is 27.2 Å². The topological polar surface area (TPSA) is 49.8 Å². The van der Waals surface area contributed by atoms with Crippen LogP contribution in [0.15, 0.2) is 24.3 Å². The van der Waals surface area contributed by atoms with Gasteiger partial charge in [0.05, 0.1) is 5.69 Å². The molecule has 6 heteroatoms. The SMILES string of the molecule is Cc1nc(NCCC(C)C)cc(Nc2ccc(F)cc2F)n1. The zero-order chi connectivity index (χ0) is 16.1. The lowest BCUT2D eigenvalue weighted by Crippen LogP contribution is -2.08. The van der Waals surface area contributed by atoms with Gasteiger partial charge in [-0.1, -0.05) is 13.8 Å². The Balaban J connectivity index is 2.12. The van der Waals surface area contributed by atoms with Gasteiger partial charge in [0.1, 0.15) is 29.1 Å². The predicted molar refractivity (Wildman–Crippen MR) is 84.4 cm³/mol. The van der Waals surface area contributed by atoms with Crippen molar-refractivity contribution < 1.29 is 8.78 Å². The highest BCUT2D eigenvalue weighted by atomic mass is 19.1. The smallest absolute Gasteiger partial charge is 0.149 e. The van der Waals surface area contributed by atoms with E-state index in [9.17, 15) is 8.78 Å². The van der Waals surface area contributed by atoms with Crippen LogP contribution in [-0.2, 0) is 0 Å². The molecule has 4 nitrogen and oxygen atoms in total.